The molecule has 1 unspecified atom stereocenters. The quantitative estimate of drug-likeness (QED) is 0.172. The number of nitrogens with two attached hydrogens (primary N) is 2. The minimum Gasteiger partial charge on any atom is -0.455 e. The molecule has 0 saturated carbocycles. The second-order valence-electron chi connectivity index (χ2n) is 13.9. The molecule has 1 atom stereocenters. The first-order chi connectivity index (χ1) is 27.1. The average Bonchev–Trinajstić information content (AvgIpc) is 3.83. The monoisotopic (exact) mass is 712 g/mol. The van der Waals surface area contributed by atoms with Gasteiger partial charge in [0.25, 0.3) is 0 Å². The van der Waals surface area contributed by atoms with Gasteiger partial charge >= 0.3 is 0 Å². The Kier molecular flexibility index (Phi) is 9.27. The van der Waals surface area contributed by atoms with Crippen LogP contribution in [-0.2, 0) is 13.0 Å². The highest BCUT2D eigenvalue weighted by atomic mass is 16.3. The topological polar surface area (TPSA) is 78.3 Å². The fourth-order valence-corrected chi connectivity index (χ4v) is 7.70. The van der Waals surface area contributed by atoms with Crippen LogP contribution in [0.15, 0.2) is 197 Å². The zero-order chi connectivity index (χ0) is 37.1. The van der Waals surface area contributed by atoms with Crippen LogP contribution in [0.5, 0.6) is 0 Å². The van der Waals surface area contributed by atoms with E-state index in [0.29, 0.717) is 6.54 Å². The van der Waals surface area contributed by atoms with Gasteiger partial charge in [0.15, 0.2) is 0 Å². The molecular weight excluding hydrogens is 673 g/mol. The van der Waals surface area contributed by atoms with E-state index in [4.69, 9.17) is 20.3 Å². The first kappa shape index (κ1) is 34.1. The van der Waals surface area contributed by atoms with Gasteiger partial charge in [0.1, 0.15) is 22.3 Å². The van der Waals surface area contributed by atoms with E-state index < -0.39 is 0 Å². The molecular formula is C51H40N2O2. The summed E-state index contributed by atoms with van der Waals surface area (Å²) in [5, 5.41) is 4.33. The van der Waals surface area contributed by atoms with Crippen LogP contribution in [0.3, 0.4) is 0 Å². The fraction of sp³-hybridized carbons (Fsp3) is 0.0588. The molecule has 0 spiro atoms. The van der Waals surface area contributed by atoms with Crippen LogP contribution in [0.1, 0.15) is 22.7 Å². The smallest absolute Gasteiger partial charge is 0.143 e. The summed E-state index contributed by atoms with van der Waals surface area (Å²) in [4.78, 5) is 0. The summed E-state index contributed by atoms with van der Waals surface area (Å²) in [6.45, 7) is 0.640. The Morgan fingerprint density at radius 1 is 0.418 bits per heavy atom. The summed E-state index contributed by atoms with van der Waals surface area (Å²) in [6, 6.07) is 64.9. The van der Waals surface area contributed by atoms with Crippen LogP contribution in [0.4, 0.5) is 0 Å². The summed E-state index contributed by atoms with van der Waals surface area (Å²) in [5.41, 5.74) is 25.8. The van der Waals surface area contributed by atoms with Gasteiger partial charge in [-0.2, -0.15) is 0 Å². The molecule has 0 saturated heterocycles. The average molecular weight is 713 g/mol. The predicted molar refractivity (Wildman–Crippen MR) is 229 cm³/mol. The Morgan fingerprint density at radius 3 is 1.76 bits per heavy atom. The van der Waals surface area contributed by atoms with Crippen molar-refractivity contribution in [3.8, 4) is 33.4 Å². The molecule has 55 heavy (non-hydrogen) atoms. The maximum Gasteiger partial charge on any atom is 0.143 e. The third-order valence-electron chi connectivity index (χ3n) is 10.4. The van der Waals surface area contributed by atoms with Gasteiger partial charge in [-0.15, -0.1) is 0 Å². The minimum absolute atomic E-state index is 0.200. The summed E-state index contributed by atoms with van der Waals surface area (Å²) >= 11 is 0. The molecule has 266 valence electrons. The van der Waals surface area contributed by atoms with Crippen molar-refractivity contribution in [2.24, 2.45) is 11.5 Å². The van der Waals surface area contributed by atoms with Gasteiger partial charge in [-0.1, -0.05) is 158 Å². The first-order valence-electron chi connectivity index (χ1n) is 18.7. The summed E-state index contributed by atoms with van der Waals surface area (Å²) in [6.07, 6.45) is 0.733. The Bertz CT molecular complexity index is 2890. The molecule has 4 heteroatoms. The van der Waals surface area contributed by atoms with Crippen LogP contribution in [0, 0.1) is 0 Å². The number of hydrogen-bond acceptors (Lipinski definition) is 4. The van der Waals surface area contributed by atoms with E-state index in [9.17, 15) is 0 Å². The van der Waals surface area contributed by atoms with Crippen LogP contribution in [0.25, 0.3) is 77.3 Å². The molecule has 2 aromatic heterocycles. The lowest BCUT2D eigenvalue weighted by atomic mass is 9.91. The normalized spacial score (nSPS) is 11.9. The summed E-state index contributed by atoms with van der Waals surface area (Å²) < 4.78 is 13.3. The van der Waals surface area contributed by atoms with E-state index >= 15 is 0 Å². The lowest BCUT2D eigenvalue weighted by molar-refractivity contribution is 0.667. The van der Waals surface area contributed by atoms with Gasteiger partial charge in [-0.3, -0.25) is 0 Å². The molecule has 8 aromatic carbocycles. The number of fused-ring (bicyclic) bond motifs is 6. The molecule has 10 rings (SSSR count). The largest absolute Gasteiger partial charge is 0.455 e. The maximum atomic E-state index is 6.99. The van der Waals surface area contributed by atoms with Gasteiger partial charge in [0.2, 0.25) is 0 Å². The van der Waals surface area contributed by atoms with Gasteiger partial charge in [-0.25, -0.2) is 0 Å². The third kappa shape index (κ3) is 6.70. The zero-order valence-electron chi connectivity index (χ0n) is 30.4. The molecule has 0 aliphatic carbocycles. The first-order valence-corrected chi connectivity index (χ1v) is 18.7. The van der Waals surface area contributed by atoms with Gasteiger partial charge in [-0.05, 0) is 75.7 Å². The number of rotatable bonds is 7. The lowest BCUT2D eigenvalue weighted by Crippen LogP contribution is -2.13. The van der Waals surface area contributed by atoms with Gasteiger partial charge < -0.3 is 20.3 Å². The van der Waals surface area contributed by atoms with E-state index in [2.05, 4.69) is 133 Å². The Labute approximate surface area is 320 Å². The van der Waals surface area contributed by atoms with Crippen molar-refractivity contribution < 1.29 is 8.83 Å². The van der Waals surface area contributed by atoms with E-state index in [1.807, 2.05) is 54.6 Å². The van der Waals surface area contributed by atoms with Gasteiger partial charge in [0, 0.05) is 45.3 Å². The van der Waals surface area contributed by atoms with Crippen molar-refractivity contribution in [2.75, 3.05) is 0 Å². The van der Waals surface area contributed by atoms with Crippen molar-refractivity contribution in [3.05, 3.63) is 205 Å². The molecule has 4 N–H and O–H groups in total. The summed E-state index contributed by atoms with van der Waals surface area (Å²) in [7, 11) is 0. The van der Waals surface area contributed by atoms with Crippen molar-refractivity contribution >= 4 is 43.9 Å². The molecule has 0 bridgehead atoms. The van der Waals surface area contributed by atoms with E-state index in [0.717, 1.165) is 83.7 Å². The van der Waals surface area contributed by atoms with Crippen molar-refractivity contribution in [3.63, 3.8) is 0 Å². The molecule has 10 aromatic rings. The van der Waals surface area contributed by atoms with Crippen LogP contribution < -0.4 is 11.5 Å². The van der Waals surface area contributed by atoms with Crippen molar-refractivity contribution in [1.82, 2.24) is 0 Å². The number of benzene rings is 8. The van der Waals surface area contributed by atoms with Crippen molar-refractivity contribution in [2.45, 2.75) is 19.0 Å². The highest BCUT2D eigenvalue weighted by Crippen LogP contribution is 2.44. The molecule has 0 amide bonds. The minimum atomic E-state index is -0.200. The predicted octanol–water partition coefficient (Wildman–Crippen LogP) is 12.9. The second kappa shape index (κ2) is 15.0. The number of para-hydroxylation sites is 2. The molecule has 2 heterocycles. The molecule has 0 radical (unpaired) electrons. The van der Waals surface area contributed by atoms with Crippen LogP contribution in [-0.4, -0.2) is 0 Å². The molecule has 0 aliphatic rings. The van der Waals surface area contributed by atoms with Gasteiger partial charge in [0.05, 0.1) is 0 Å². The third-order valence-corrected chi connectivity index (χ3v) is 10.4. The Morgan fingerprint density at radius 2 is 1.00 bits per heavy atom. The Balaban J connectivity index is 0.000000444. The van der Waals surface area contributed by atoms with E-state index in [1.165, 1.54) is 16.7 Å². The molecule has 0 fully saturated rings. The van der Waals surface area contributed by atoms with Crippen LogP contribution >= 0.6 is 0 Å². The standard InChI is InChI=1S/C44H31NO2.C7H9N/c45-39(24-28-12-3-1-4-13-28)36-21-11-23-41-42(36)38-27-32(33-19-10-20-35-34-18-7-8-22-40(34)46-43(33)35)26-37(44(38)47-41)31-17-9-16-30(25-31)29-14-5-2-6-15-29;8-6-7-4-2-1-3-5-7/h1-23,25-27,39H,24,45H2;1-5H,6,8H2. The highest BCUT2D eigenvalue weighted by molar-refractivity contribution is 6.15. The van der Waals surface area contributed by atoms with E-state index in [1.54, 1.807) is 0 Å². The van der Waals surface area contributed by atoms with Crippen LogP contribution in [0.2, 0.25) is 0 Å². The number of furan rings is 2. The summed E-state index contributed by atoms with van der Waals surface area (Å²) in [5.74, 6) is 0. The maximum absolute atomic E-state index is 6.99. The lowest BCUT2D eigenvalue weighted by Gasteiger charge is -2.14. The zero-order valence-corrected chi connectivity index (χ0v) is 30.4. The SMILES string of the molecule is NC(Cc1ccccc1)c1cccc2oc3c(-c4cccc(-c5ccccc5)c4)cc(-c4cccc5c4oc4ccccc45)cc3c12.NCc1ccccc1. The molecule has 0 aliphatic heterocycles. The van der Waals surface area contributed by atoms with Crippen molar-refractivity contribution in [1.29, 1.82) is 0 Å². The number of hydrogen-bond donors (Lipinski definition) is 2. The Hall–Kier alpha value is -6.72. The highest BCUT2D eigenvalue weighted by Gasteiger charge is 2.22. The fourth-order valence-electron chi connectivity index (χ4n) is 7.70. The van der Waals surface area contributed by atoms with E-state index in [-0.39, 0.29) is 6.04 Å². The molecule has 4 nitrogen and oxygen atoms in total. The second-order valence-corrected chi connectivity index (χ2v) is 13.9.